The Morgan fingerprint density at radius 3 is 2.56 bits per heavy atom. The van der Waals surface area contributed by atoms with Crippen molar-refractivity contribution in [3.05, 3.63) is 23.8 Å². The molecule has 0 aromatic carbocycles. The van der Waals surface area contributed by atoms with Crippen molar-refractivity contribution < 1.29 is 19.4 Å². The average molecular weight is 253 g/mol. The summed E-state index contributed by atoms with van der Waals surface area (Å²) in [4.78, 5) is 23.7. The van der Waals surface area contributed by atoms with Gasteiger partial charge in [-0.1, -0.05) is 12.2 Å². The Morgan fingerprint density at radius 2 is 2.11 bits per heavy atom. The molecule has 0 saturated heterocycles. The maximum absolute atomic E-state index is 11.7. The Morgan fingerprint density at radius 1 is 1.44 bits per heavy atom. The monoisotopic (exact) mass is 253 g/mol. The molecular formula is C13H19NO4. The minimum absolute atomic E-state index is 0.333. The fourth-order valence-corrected chi connectivity index (χ4v) is 1.51. The molecule has 0 aromatic heterocycles. The first-order valence-electron chi connectivity index (χ1n) is 5.86. The molecule has 1 heterocycles. The van der Waals surface area contributed by atoms with Gasteiger partial charge in [0.05, 0.1) is 0 Å². The number of carbonyl (C=O) groups is 2. The van der Waals surface area contributed by atoms with Crippen molar-refractivity contribution in [1.82, 2.24) is 4.90 Å². The Hall–Kier alpha value is -1.78. The number of aliphatic carboxylic acids is 1. The van der Waals surface area contributed by atoms with Gasteiger partial charge in [-0.3, -0.25) is 0 Å². The number of hydrogen-bond donors (Lipinski definition) is 1. The first kappa shape index (κ1) is 14.3. The second-order valence-corrected chi connectivity index (χ2v) is 5.13. The molecule has 18 heavy (non-hydrogen) atoms. The summed E-state index contributed by atoms with van der Waals surface area (Å²) >= 11 is 0. The summed E-state index contributed by atoms with van der Waals surface area (Å²) in [5.74, 6) is -0.967. The number of nitrogens with zero attached hydrogens (tertiary/aromatic N) is 1. The number of rotatable bonds is 2. The minimum atomic E-state index is -0.967. The van der Waals surface area contributed by atoms with E-state index in [0.29, 0.717) is 19.5 Å². The van der Waals surface area contributed by atoms with Crippen LogP contribution in [0.5, 0.6) is 0 Å². The number of allylic oxidation sites excluding steroid dienone is 1. The maximum atomic E-state index is 11.7. The first-order valence-corrected chi connectivity index (χ1v) is 5.86. The van der Waals surface area contributed by atoms with Gasteiger partial charge in [-0.05, 0) is 32.8 Å². The fourth-order valence-electron chi connectivity index (χ4n) is 1.51. The zero-order valence-corrected chi connectivity index (χ0v) is 11.0. The number of ether oxygens (including phenoxy) is 1. The SMILES string of the molecule is CC(C)(C)OC(=O)N1CC=C(/C=C/C(=O)O)CC1. The van der Waals surface area contributed by atoms with Gasteiger partial charge >= 0.3 is 12.1 Å². The standard InChI is InChI=1S/C13H19NO4/c1-13(2,3)18-12(17)14-8-6-10(7-9-14)4-5-11(15)16/h4-6H,7-9H2,1-3H3,(H,15,16)/b5-4+. The summed E-state index contributed by atoms with van der Waals surface area (Å²) in [6, 6.07) is 0. The Kier molecular flexibility index (Phi) is 4.53. The maximum Gasteiger partial charge on any atom is 0.410 e. The number of carboxylic acid groups (broad SMARTS) is 1. The van der Waals surface area contributed by atoms with Crippen LogP contribution in [0, 0.1) is 0 Å². The van der Waals surface area contributed by atoms with E-state index in [-0.39, 0.29) is 6.09 Å². The lowest BCUT2D eigenvalue weighted by Gasteiger charge is -2.29. The highest BCUT2D eigenvalue weighted by molar-refractivity contribution is 5.80. The van der Waals surface area contributed by atoms with Crippen LogP contribution in [0.25, 0.3) is 0 Å². The molecule has 0 aliphatic carbocycles. The molecule has 0 spiro atoms. The molecule has 1 aliphatic heterocycles. The van der Waals surface area contributed by atoms with Crippen molar-refractivity contribution in [2.24, 2.45) is 0 Å². The molecule has 1 N–H and O–H groups in total. The lowest BCUT2D eigenvalue weighted by atomic mass is 10.1. The van der Waals surface area contributed by atoms with Crippen LogP contribution in [0.15, 0.2) is 23.8 Å². The average Bonchev–Trinajstić information content (AvgIpc) is 2.24. The third kappa shape index (κ3) is 5.03. The van der Waals surface area contributed by atoms with Gasteiger partial charge in [0, 0.05) is 19.2 Å². The highest BCUT2D eigenvalue weighted by atomic mass is 16.6. The molecule has 1 rings (SSSR count). The van der Waals surface area contributed by atoms with Crippen LogP contribution in [0.4, 0.5) is 4.79 Å². The molecular weight excluding hydrogens is 234 g/mol. The molecule has 0 fully saturated rings. The topological polar surface area (TPSA) is 66.8 Å². The van der Waals surface area contributed by atoms with E-state index in [1.54, 1.807) is 11.0 Å². The lowest BCUT2D eigenvalue weighted by Crippen LogP contribution is -2.39. The lowest BCUT2D eigenvalue weighted by molar-refractivity contribution is -0.131. The number of carbonyl (C=O) groups excluding carboxylic acids is 1. The van der Waals surface area contributed by atoms with Crippen LogP contribution in [-0.2, 0) is 9.53 Å². The van der Waals surface area contributed by atoms with Crippen LogP contribution < -0.4 is 0 Å². The third-order valence-electron chi connectivity index (χ3n) is 2.34. The van der Waals surface area contributed by atoms with Crippen molar-refractivity contribution in [2.75, 3.05) is 13.1 Å². The predicted molar refractivity (Wildman–Crippen MR) is 67.3 cm³/mol. The summed E-state index contributed by atoms with van der Waals surface area (Å²) in [6.45, 7) is 6.47. The normalized spacial score (nSPS) is 16.6. The van der Waals surface area contributed by atoms with Crippen LogP contribution in [-0.4, -0.2) is 40.8 Å². The summed E-state index contributed by atoms with van der Waals surface area (Å²) in [5.41, 5.74) is 0.432. The summed E-state index contributed by atoms with van der Waals surface area (Å²) in [6.07, 6.45) is 4.82. The molecule has 1 amide bonds. The van der Waals surface area contributed by atoms with E-state index < -0.39 is 11.6 Å². The molecule has 0 bridgehead atoms. The van der Waals surface area contributed by atoms with Crippen molar-refractivity contribution in [3.8, 4) is 0 Å². The molecule has 0 atom stereocenters. The molecule has 100 valence electrons. The number of hydrogen-bond acceptors (Lipinski definition) is 3. The highest BCUT2D eigenvalue weighted by Gasteiger charge is 2.22. The van der Waals surface area contributed by atoms with Crippen LogP contribution >= 0.6 is 0 Å². The van der Waals surface area contributed by atoms with E-state index in [0.717, 1.165) is 11.6 Å². The van der Waals surface area contributed by atoms with Gasteiger partial charge in [0.25, 0.3) is 0 Å². The number of carboxylic acids is 1. The van der Waals surface area contributed by atoms with E-state index in [1.807, 2.05) is 26.8 Å². The molecule has 0 aromatic rings. The fraction of sp³-hybridized carbons (Fsp3) is 0.538. The first-order chi connectivity index (χ1) is 8.28. The largest absolute Gasteiger partial charge is 0.478 e. The molecule has 0 radical (unpaired) electrons. The van der Waals surface area contributed by atoms with E-state index in [1.165, 1.54) is 0 Å². The third-order valence-corrected chi connectivity index (χ3v) is 2.34. The molecule has 0 unspecified atom stereocenters. The van der Waals surface area contributed by atoms with Crippen molar-refractivity contribution >= 4 is 12.1 Å². The van der Waals surface area contributed by atoms with Gasteiger partial charge < -0.3 is 14.7 Å². The molecule has 0 saturated carbocycles. The Labute approximate surface area is 107 Å². The van der Waals surface area contributed by atoms with Gasteiger partial charge in [-0.2, -0.15) is 0 Å². The number of amides is 1. The van der Waals surface area contributed by atoms with Gasteiger partial charge in [-0.15, -0.1) is 0 Å². The van der Waals surface area contributed by atoms with Crippen molar-refractivity contribution in [3.63, 3.8) is 0 Å². The zero-order valence-electron chi connectivity index (χ0n) is 11.0. The molecule has 5 nitrogen and oxygen atoms in total. The van der Waals surface area contributed by atoms with Crippen molar-refractivity contribution in [2.45, 2.75) is 32.8 Å². The quantitative estimate of drug-likeness (QED) is 0.766. The summed E-state index contributed by atoms with van der Waals surface area (Å²) in [5, 5.41) is 8.51. The van der Waals surface area contributed by atoms with E-state index in [4.69, 9.17) is 9.84 Å². The van der Waals surface area contributed by atoms with Gasteiger partial charge in [0.15, 0.2) is 0 Å². The van der Waals surface area contributed by atoms with Crippen LogP contribution in [0.1, 0.15) is 27.2 Å². The second-order valence-electron chi connectivity index (χ2n) is 5.13. The van der Waals surface area contributed by atoms with Crippen molar-refractivity contribution in [1.29, 1.82) is 0 Å². The second kappa shape index (κ2) is 5.71. The molecule has 5 heteroatoms. The summed E-state index contributed by atoms with van der Waals surface area (Å²) < 4.78 is 5.26. The van der Waals surface area contributed by atoms with E-state index in [9.17, 15) is 9.59 Å². The van der Waals surface area contributed by atoms with Crippen LogP contribution in [0.2, 0.25) is 0 Å². The zero-order chi connectivity index (χ0) is 13.8. The Balaban J connectivity index is 2.52. The van der Waals surface area contributed by atoms with Gasteiger partial charge in [0.2, 0.25) is 0 Å². The highest BCUT2D eigenvalue weighted by Crippen LogP contribution is 2.15. The summed E-state index contributed by atoms with van der Waals surface area (Å²) in [7, 11) is 0. The Bertz CT molecular complexity index is 390. The smallest absolute Gasteiger partial charge is 0.410 e. The minimum Gasteiger partial charge on any atom is -0.478 e. The van der Waals surface area contributed by atoms with Gasteiger partial charge in [-0.25, -0.2) is 9.59 Å². The molecule has 1 aliphatic rings. The van der Waals surface area contributed by atoms with E-state index >= 15 is 0 Å². The predicted octanol–water partition coefficient (Wildman–Crippen LogP) is 2.19. The van der Waals surface area contributed by atoms with Crippen LogP contribution in [0.3, 0.4) is 0 Å². The van der Waals surface area contributed by atoms with Gasteiger partial charge in [0.1, 0.15) is 5.60 Å². The van der Waals surface area contributed by atoms with E-state index in [2.05, 4.69) is 0 Å².